The highest BCUT2D eigenvalue weighted by atomic mass is 35.5. The molecule has 0 atom stereocenters. The van der Waals surface area contributed by atoms with Crippen molar-refractivity contribution in [3.8, 4) is 0 Å². The van der Waals surface area contributed by atoms with Gasteiger partial charge in [-0.1, -0.05) is 41.9 Å². The lowest BCUT2D eigenvalue weighted by molar-refractivity contribution is -0.00518. The zero-order valence-corrected chi connectivity index (χ0v) is 18.1. The Bertz CT molecular complexity index is 987. The van der Waals surface area contributed by atoms with E-state index in [-0.39, 0.29) is 0 Å². The molecule has 0 amide bonds. The van der Waals surface area contributed by atoms with E-state index in [0.29, 0.717) is 5.41 Å². The van der Waals surface area contributed by atoms with Crippen LogP contribution in [0.2, 0.25) is 5.02 Å². The summed E-state index contributed by atoms with van der Waals surface area (Å²) in [6.07, 6.45) is 8.73. The summed E-state index contributed by atoms with van der Waals surface area (Å²) in [5.41, 5.74) is 5.53. The van der Waals surface area contributed by atoms with Crippen LogP contribution in [0.25, 0.3) is 0 Å². The number of benzene rings is 3. The fourth-order valence-corrected chi connectivity index (χ4v) is 7.17. The van der Waals surface area contributed by atoms with Crippen molar-refractivity contribution in [1.82, 2.24) is 0 Å². The molecule has 4 fully saturated rings. The third-order valence-corrected chi connectivity index (χ3v) is 8.13. The van der Waals surface area contributed by atoms with Crippen LogP contribution in [0.4, 0.5) is 17.1 Å². The molecule has 4 saturated carbocycles. The summed E-state index contributed by atoms with van der Waals surface area (Å²) >= 11 is 6.16. The Kier molecular flexibility index (Phi) is 4.42. The maximum Gasteiger partial charge on any atom is 0.0462 e. The average Bonchev–Trinajstić information content (AvgIpc) is 2.76. The number of para-hydroxylation sites is 1. The Balaban J connectivity index is 1.37. The molecule has 152 valence electrons. The summed E-state index contributed by atoms with van der Waals surface area (Å²) in [5.74, 6) is 2.93. The highest BCUT2D eigenvalue weighted by Gasteiger charge is 2.51. The Hall–Kier alpha value is -2.25. The van der Waals surface area contributed by atoms with Crippen LogP contribution in [0.1, 0.15) is 44.1 Å². The minimum Gasteiger partial charge on any atom is -0.311 e. The predicted octanol–water partition coefficient (Wildman–Crippen LogP) is 8.28. The fourth-order valence-electron chi connectivity index (χ4n) is 7.04. The summed E-state index contributed by atoms with van der Waals surface area (Å²) in [7, 11) is 0. The molecule has 4 aliphatic carbocycles. The summed E-state index contributed by atoms with van der Waals surface area (Å²) in [6, 6.07) is 28.2. The standard InChI is InChI=1S/C28H28ClN/c29-24-8-12-27(13-9-24)30(25-4-2-1-3-5-25)26-10-6-23(7-11-26)28-17-20-14-21(18-28)16-22(15-20)19-28/h1-13,20-22H,14-19H2. The average molecular weight is 414 g/mol. The van der Waals surface area contributed by atoms with E-state index in [1.54, 1.807) is 5.56 Å². The Morgan fingerprint density at radius 1 is 0.600 bits per heavy atom. The zero-order valence-electron chi connectivity index (χ0n) is 17.3. The van der Waals surface area contributed by atoms with Gasteiger partial charge in [0.1, 0.15) is 0 Å². The molecule has 0 spiro atoms. The van der Waals surface area contributed by atoms with Crippen molar-refractivity contribution in [1.29, 1.82) is 0 Å². The maximum atomic E-state index is 6.16. The van der Waals surface area contributed by atoms with Crippen molar-refractivity contribution >= 4 is 28.7 Å². The highest BCUT2D eigenvalue weighted by Crippen LogP contribution is 2.60. The Morgan fingerprint density at radius 3 is 1.60 bits per heavy atom. The van der Waals surface area contributed by atoms with Gasteiger partial charge in [0.05, 0.1) is 0 Å². The zero-order chi connectivity index (χ0) is 20.1. The summed E-state index contributed by atoms with van der Waals surface area (Å²) in [4.78, 5) is 2.32. The third kappa shape index (κ3) is 3.15. The van der Waals surface area contributed by atoms with Crippen molar-refractivity contribution in [2.24, 2.45) is 17.8 Å². The lowest BCUT2D eigenvalue weighted by atomic mass is 9.48. The van der Waals surface area contributed by atoms with Crippen LogP contribution in [0.5, 0.6) is 0 Å². The van der Waals surface area contributed by atoms with Gasteiger partial charge in [0.2, 0.25) is 0 Å². The van der Waals surface area contributed by atoms with E-state index in [0.717, 1.165) is 28.5 Å². The number of nitrogens with zero attached hydrogens (tertiary/aromatic N) is 1. The molecule has 3 aromatic carbocycles. The van der Waals surface area contributed by atoms with Gasteiger partial charge in [0, 0.05) is 22.1 Å². The largest absolute Gasteiger partial charge is 0.311 e. The summed E-state index contributed by atoms with van der Waals surface area (Å²) < 4.78 is 0. The van der Waals surface area contributed by atoms with Crippen molar-refractivity contribution in [2.75, 3.05) is 4.90 Å². The molecule has 7 rings (SSSR count). The van der Waals surface area contributed by atoms with Crippen LogP contribution in [0.15, 0.2) is 78.9 Å². The molecule has 0 unspecified atom stereocenters. The van der Waals surface area contributed by atoms with E-state index in [2.05, 4.69) is 71.6 Å². The van der Waals surface area contributed by atoms with E-state index in [1.165, 1.54) is 49.9 Å². The molecule has 1 nitrogen and oxygen atoms in total. The lowest BCUT2D eigenvalue weighted by Crippen LogP contribution is -2.48. The normalized spacial score (nSPS) is 29.2. The van der Waals surface area contributed by atoms with Gasteiger partial charge in [-0.25, -0.2) is 0 Å². The first-order chi connectivity index (χ1) is 14.7. The van der Waals surface area contributed by atoms with E-state index >= 15 is 0 Å². The molecule has 3 aromatic rings. The molecule has 4 bridgehead atoms. The molecule has 30 heavy (non-hydrogen) atoms. The SMILES string of the molecule is Clc1ccc(N(c2ccccc2)c2ccc(C34CC5CC(CC(C5)C3)C4)cc2)cc1. The van der Waals surface area contributed by atoms with Crippen LogP contribution < -0.4 is 4.90 Å². The Labute approximate surface area is 184 Å². The molecule has 0 aromatic heterocycles. The minimum absolute atomic E-state index is 0.450. The van der Waals surface area contributed by atoms with Crippen molar-refractivity contribution in [2.45, 2.75) is 43.9 Å². The van der Waals surface area contributed by atoms with Gasteiger partial charge in [-0.15, -0.1) is 0 Å². The van der Waals surface area contributed by atoms with Gasteiger partial charge in [-0.2, -0.15) is 0 Å². The first-order valence-electron chi connectivity index (χ1n) is 11.4. The number of halogens is 1. The number of hydrogen-bond donors (Lipinski definition) is 0. The van der Waals surface area contributed by atoms with E-state index in [9.17, 15) is 0 Å². The summed E-state index contributed by atoms with van der Waals surface area (Å²) in [5, 5.41) is 0.768. The van der Waals surface area contributed by atoms with Crippen molar-refractivity contribution in [3.05, 3.63) is 89.4 Å². The molecular weight excluding hydrogens is 386 g/mol. The fraction of sp³-hybridized carbons (Fsp3) is 0.357. The summed E-state index contributed by atoms with van der Waals surface area (Å²) in [6.45, 7) is 0. The highest BCUT2D eigenvalue weighted by molar-refractivity contribution is 6.30. The van der Waals surface area contributed by atoms with Gasteiger partial charge in [-0.05, 0) is 116 Å². The topological polar surface area (TPSA) is 3.24 Å². The third-order valence-electron chi connectivity index (χ3n) is 7.88. The molecule has 0 radical (unpaired) electrons. The van der Waals surface area contributed by atoms with Crippen molar-refractivity contribution < 1.29 is 0 Å². The minimum atomic E-state index is 0.450. The monoisotopic (exact) mass is 413 g/mol. The number of anilines is 3. The lowest BCUT2D eigenvalue weighted by Gasteiger charge is -2.57. The smallest absolute Gasteiger partial charge is 0.0462 e. The van der Waals surface area contributed by atoms with E-state index < -0.39 is 0 Å². The molecule has 0 N–H and O–H groups in total. The van der Waals surface area contributed by atoms with Gasteiger partial charge in [0.25, 0.3) is 0 Å². The van der Waals surface area contributed by atoms with Gasteiger partial charge < -0.3 is 4.90 Å². The van der Waals surface area contributed by atoms with Crippen LogP contribution in [0, 0.1) is 17.8 Å². The van der Waals surface area contributed by atoms with Crippen LogP contribution >= 0.6 is 11.6 Å². The van der Waals surface area contributed by atoms with E-state index in [4.69, 9.17) is 11.6 Å². The first-order valence-corrected chi connectivity index (χ1v) is 11.8. The number of hydrogen-bond acceptors (Lipinski definition) is 1. The Morgan fingerprint density at radius 2 is 1.07 bits per heavy atom. The van der Waals surface area contributed by atoms with E-state index in [1.807, 2.05) is 12.1 Å². The molecule has 0 saturated heterocycles. The second kappa shape index (κ2) is 7.17. The quantitative estimate of drug-likeness (QED) is 0.415. The number of rotatable bonds is 4. The maximum absolute atomic E-state index is 6.16. The second-order valence-electron chi connectivity index (χ2n) is 9.89. The van der Waals surface area contributed by atoms with Gasteiger partial charge in [-0.3, -0.25) is 0 Å². The molecule has 0 aliphatic heterocycles. The van der Waals surface area contributed by atoms with Crippen LogP contribution in [0.3, 0.4) is 0 Å². The molecular formula is C28H28ClN. The second-order valence-corrected chi connectivity index (χ2v) is 10.3. The van der Waals surface area contributed by atoms with Crippen LogP contribution in [-0.4, -0.2) is 0 Å². The van der Waals surface area contributed by atoms with Crippen LogP contribution in [-0.2, 0) is 5.41 Å². The van der Waals surface area contributed by atoms with Gasteiger partial charge >= 0.3 is 0 Å². The van der Waals surface area contributed by atoms with Gasteiger partial charge in [0.15, 0.2) is 0 Å². The first kappa shape index (κ1) is 18.5. The molecule has 0 heterocycles. The molecule has 2 heteroatoms. The van der Waals surface area contributed by atoms with Crippen molar-refractivity contribution in [3.63, 3.8) is 0 Å². The predicted molar refractivity (Wildman–Crippen MR) is 126 cm³/mol. The molecule has 4 aliphatic rings.